The van der Waals surface area contributed by atoms with Gasteiger partial charge in [-0.05, 0) is 24.1 Å². The van der Waals surface area contributed by atoms with Crippen LogP contribution >= 0.6 is 0 Å². The maximum atomic E-state index is 13.6. The number of benzene rings is 1. The molecule has 1 aliphatic rings. The lowest BCUT2D eigenvalue weighted by atomic mass is 10.0. The van der Waals surface area contributed by atoms with Gasteiger partial charge in [0.2, 0.25) is 5.91 Å². The van der Waals surface area contributed by atoms with Gasteiger partial charge in [0, 0.05) is 19.4 Å². The van der Waals surface area contributed by atoms with Crippen molar-refractivity contribution in [2.45, 2.75) is 12.5 Å². The number of imidazole rings is 1. The molecule has 0 spiro atoms. The average molecular weight is 351 g/mol. The summed E-state index contributed by atoms with van der Waals surface area (Å²) in [5, 5.41) is 2.83. The van der Waals surface area contributed by atoms with E-state index < -0.39 is 27.6 Å². The Bertz CT molecular complexity index is 863. The van der Waals surface area contributed by atoms with Gasteiger partial charge in [0.25, 0.3) is 0 Å². The van der Waals surface area contributed by atoms with Crippen molar-refractivity contribution in [2.75, 3.05) is 11.5 Å². The number of nitrogens with zero attached hydrogens (tertiary/aromatic N) is 2. The molecule has 8 heteroatoms. The van der Waals surface area contributed by atoms with Gasteiger partial charge in [-0.1, -0.05) is 12.1 Å². The van der Waals surface area contributed by atoms with Gasteiger partial charge in [-0.3, -0.25) is 4.79 Å². The molecule has 1 aromatic heterocycles. The number of aryl methyl sites for hydroxylation is 1. The third kappa shape index (κ3) is 3.48. The minimum absolute atomic E-state index is 0.0259. The molecular weight excluding hydrogens is 333 g/mol. The van der Waals surface area contributed by atoms with Crippen molar-refractivity contribution in [2.24, 2.45) is 13.0 Å². The van der Waals surface area contributed by atoms with Crippen molar-refractivity contribution in [3.63, 3.8) is 0 Å². The van der Waals surface area contributed by atoms with E-state index in [4.69, 9.17) is 0 Å². The lowest BCUT2D eigenvalue weighted by molar-refractivity contribution is -0.124. The summed E-state index contributed by atoms with van der Waals surface area (Å²) in [4.78, 5) is 16.7. The lowest BCUT2D eigenvalue weighted by Crippen LogP contribution is -2.36. The third-order valence-electron chi connectivity index (χ3n) is 4.19. The number of carbonyl (C=O) groups excluding carboxylic acids is 1. The number of nitrogens with one attached hydrogen (secondary N) is 1. The van der Waals surface area contributed by atoms with Crippen LogP contribution in [0.1, 0.15) is 23.9 Å². The smallest absolute Gasteiger partial charge is 0.225 e. The van der Waals surface area contributed by atoms with E-state index in [0.29, 0.717) is 17.8 Å². The Morgan fingerprint density at radius 1 is 1.46 bits per heavy atom. The number of hydrogen-bond donors (Lipinski definition) is 1. The molecule has 1 N–H and O–H groups in total. The summed E-state index contributed by atoms with van der Waals surface area (Å²) in [6.45, 7) is 0. The predicted molar refractivity (Wildman–Crippen MR) is 86.4 cm³/mol. The Kier molecular flexibility index (Phi) is 4.40. The van der Waals surface area contributed by atoms with Crippen molar-refractivity contribution >= 4 is 15.7 Å². The first-order valence-corrected chi connectivity index (χ1v) is 9.41. The number of sulfone groups is 1. The van der Waals surface area contributed by atoms with Crippen molar-refractivity contribution in [1.29, 1.82) is 0 Å². The summed E-state index contributed by atoms with van der Waals surface area (Å²) < 4.78 is 38.5. The van der Waals surface area contributed by atoms with Gasteiger partial charge in [-0.2, -0.15) is 0 Å². The molecule has 2 heterocycles. The zero-order chi connectivity index (χ0) is 17.3. The fourth-order valence-corrected chi connectivity index (χ4v) is 4.64. The predicted octanol–water partition coefficient (Wildman–Crippen LogP) is 1.20. The minimum atomic E-state index is -3.15. The maximum Gasteiger partial charge on any atom is 0.225 e. The molecule has 0 saturated carbocycles. The van der Waals surface area contributed by atoms with E-state index in [0.717, 1.165) is 0 Å². The van der Waals surface area contributed by atoms with E-state index in [2.05, 4.69) is 10.3 Å². The zero-order valence-corrected chi connectivity index (χ0v) is 14.0. The molecule has 2 aromatic rings. The van der Waals surface area contributed by atoms with Crippen LogP contribution in [0.25, 0.3) is 0 Å². The van der Waals surface area contributed by atoms with E-state index >= 15 is 0 Å². The molecule has 1 fully saturated rings. The van der Waals surface area contributed by atoms with E-state index in [9.17, 15) is 17.6 Å². The van der Waals surface area contributed by atoms with Crippen LogP contribution in [0.3, 0.4) is 0 Å². The molecule has 1 aromatic carbocycles. The Balaban J connectivity index is 1.89. The minimum Gasteiger partial charge on any atom is -0.342 e. The van der Waals surface area contributed by atoms with Crippen molar-refractivity contribution < 1.29 is 17.6 Å². The molecule has 0 bridgehead atoms. The summed E-state index contributed by atoms with van der Waals surface area (Å²) >= 11 is 0. The highest BCUT2D eigenvalue weighted by Crippen LogP contribution is 2.24. The molecular formula is C16H18FN3O3S. The first-order chi connectivity index (χ1) is 11.4. The monoisotopic (exact) mass is 351 g/mol. The van der Waals surface area contributed by atoms with Crippen molar-refractivity contribution in [3.8, 4) is 0 Å². The summed E-state index contributed by atoms with van der Waals surface area (Å²) in [6.07, 6.45) is 3.63. The lowest BCUT2D eigenvalue weighted by Gasteiger charge is -2.21. The van der Waals surface area contributed by atoms with Gasteiger partial charge >= 0.3 is 0 Å². The fourth-order valence-electron chi connectivity index (χ4n) is 2.90. The highest BCUT2D eigenvalue weighted by Gasteiger charge is 2.34. The second-order valence-electron chi connectivity index (χ2n) is 5.99. The molecule has 24 heavy (non-hydrogen) atoms. The normalized spacial score (nSPS) is 20.7. The SMILES string of the molecule is Cn1ccnc1[C@H](NC(=O)[C@H]1CCS(=O)(=O)C1)c1cccc(F)c1. The summed E-state index contributed by atoms with van der Waals surface area (Å²) in [6, 6.07) is 5.28. The van der Waals surface area contributed by atoms with Gasteiger partial charge in [0.15, 0.2) is 9.84 Å². The topological polar surface area (TPSA) is 81.1 Å². The number of carbonyl (C=O) groups is 1. The molecule has 2 atom stereocenters. The number of hydrogen-bond acceptors (Lipinski definition) is 4. The van der Waals surface area contributed by atoms with Crippen LogP contribution in [0, 0.1) is 11.7 Å². The van der Waals surface area contributed by atoms with Crippen molar-refractivity contribution in [1.82, 2.24) is 14.9 Å². The van der Waals surface area contributed by atoms with Gasteiger partial charge in [-0.25, -0.2) is 17.8 Å². The average Bonchev–Trinajstić information content (AvgIpc) is 3.10. The Morgan fingerprint density at radius 2 is 2.25 bits per heavy atom. The number of halogens is 1. The standard InChI is InChI=1S/C16H18FN3O3S/c1-20-7-6-18-15(20)14(11-3-2-4-13(17)9-11)19-16(21)12-5-8-24(22,23)10-12/h2-4,6-7,9,12,14H,5,8,10H2,1H3,(H,19,21)/t12-,14+/m0/s1. The summed E-state index contributed by atoms with van der Waals surface area (Å²) in [5.74, 6) is -0.910. The van der Waals surface area contributed by atoms with Gasteiger partial charge < -0.3 is 9.88 Å². The molecule has 6 nitrogen and oxygen atoms in total. The summed E-state index contributed by atoms with van der Waals surface area (Å²) in [5.41, 5.74) is 0.554. The van der Waals surface area contributed by atoms with Crippen LogP contribution in [-0.4, -0.2) is 35.4 Å². The highest BCUT2D eigenvalue weighted by molar-refractivity contribution is 7.91. The quantitative estimate of drug-likeness (QED) is 0.897. The first kappa shape index (κ1) is 16.6. The molecule has 0 aliphatic carbocycles. The number of amides is 1. The number of rotatable bonds is 4. The van der Waals surface area contributed by atoms with Crippen LogP contribution in [0.15, 0.2) is 36.7 Å². The fraction of sp³-hybridized carbons (Fsp3) is 0.375. The van der Waals surface area contributed by atoms with Gasteiger partial charge in [0.1, 0.15) is 17.7 Å². The molecule has 0 unspecified atom stereocenters. The third-order valence-corrected chi connectivity index (χ3v) is 5.96. The molecule has 3 rings (SSSR count). The van der Waals surface area contributed by atoms with E-state index in [-0.39, 0.29) is 17.4 Å². The second-order valence-corrected chi connectivity index (χ2v) is 8.22. The van der Waals surface area contributed by atoms with E-state index in [1.54, 1.807) is 36.1 Å². The molecule has 0 radical (unpaired) electrons. The van der Waals surface area contributed by atoms with Crippen LogP contribution in [0.2, 0.25) is 0 Å². The second kappa shape index (κ2) is 6.35. The molecule has 128 valence electrons. The maximum absolute atomic E-state index is 13.6. The van der Waals surface area contributed by atoms with Crippen LogP contribution in [-0.2, 0) is 21.7 Å². The first-order valence-electron chi connectivity index (χ1n) is 7.59. The van der Waals surface area contributed by atoms with Gasteiger partial charge in [0.05, 0.1) is 17.4 Å². The van der Waals surface area contributed by atoms with Crippen LogP contribution in [0.4, 0.5) is 4.39 Å². The highest BCUT2D eigenvalue weighted by atomic mass is 32.2. The molecule has 1 aliphatic heterocycles. The number of aromatic nitrogens is 2. The summed E-state index contributed by atoms with van der Waals surface area (Å²) in [7, 11) is -1.37. The Morgan fingerprint density at radius 3 is 2.83 bits per heavy atom. The van der Waals surface area contributed by atoms with Crippen LogP contribution < -0.4 is 5.32 Å². The van der Waals surface area contributed by atoms with E-state index in [1.807, 2.05) is 0 Å². The molecule has 1 amide bonds. The van der Waals surface area contributed by atoms with Gasteiger partial charge in [-0.15, -0.1) is 0 Å². The largest absolute Gasteiger partial charge is 0.342 e. The van der Waals surface area contributed by atoms with Crippen LogP contribution in [0.5, 0.6) is 0 Å². The van der Waals surface area contributed by atoms with E-state index in [1.165, 1.54) is 12.1 Å². The Hall–Kier alpha value is -2.22. The molecule has 1 saturated heterocycles. The zero-order valence-electron chi connectivity index (χ0n) is 13.1. The Labute approximate surface area is 139 Å². The van der Waals surface area contributed by atoms with Crippen molar-refractivity contribution in [3.05, 3.63) is 53.9 Å².